The number of benzene rings is 2. The van der Waals surface area contributed by atoms with Crippen LogP contribution < -0.4 is 40.2 Å². The van der Waals surface area contributed by atoms with Crippen molar-refractivity contribution in [2.45, 2.75) is 104 Å². The summed E-state index contributed by atoms with van der Waals surface area (Å²) >= 11 is 7.26. The summed E-state index contributed by atoms with van der Waals surface area (Å²) in [5.74, 6) is -0.268. The molecule has 0 aliphatic carbocycles. The Morgan fingerprint density at radius 1 is 0.656 bits per heavy atom. The van der Waals surface area contributed by atoms with Crippen LogP contribution in [0.15, 0.2) is 57.5 Å². The van der Waals surface area contributed by atoms with Gasteiger partial charge in [-0.05, 0) is 130 Å². The van der Waals surface area contributed by atoms with Crippen molar-refractivity contribution in [3.63, 3.8) is 0 Å². The first-order valence-electron chi connectivity index (χ1n) is 21.4. The number of halogens is 2. The summed E-state index contributed by atoms with van der Waals surface area (Å²) in [6.07, 6.45) is 3.36. The quantitative estimate of drug-likeness (QED) is 0.0383. The lowest BCUT2D eigenvalue weighted by Gasteiger charge is -2.19. The Balaban J connectivity index is 1.14. The maximum absolute atomic E-state index is 11.8. The SMILES string of the molecule is Cc1c(COc2nc(OC[C@@H]3CCC(=O)N3)c(CNCCCC(=O)O)cc2Br)cccc1-c1cccc(COc2nc(OC[C@@H]3CCC(=O)N3)c(CNCCCC(=O)O)cc2Br)c1C. The van der Waals surface area contributed by atoms with Crippen LogP contribution in [0.25, 0.3) is 11.1 Å². The summed E-state index contributed by atoms with van der Waals surface area (Å²) in [5, 5.41) is 30.4. The van der Waals surface area contributed by atoms with Crippen LogP contribution in [0.2, 0.25) is 0 Å². The van der Waals surface area contributed by atoms with Crippen molar-refractivity contribution in [1.29, 1.82) is 0 Å². The van der Waals surface area contributed by atoms with E-state index in [1.54, 1.807) is 0 Å². The predicted octanol–water partition coefficient (Wildman–Crippen LogP) is 6.67. The van der Waals surface area contributed by atoms with Gasteiger partial charge in [-0.2, -0.15) is 9.97 Å². The first-order valence-corrected chi connectivity index (χ1v) is 22.9. The second kappa shape index (κ2) is 23.6. The molecule has 18 heteroatoms. The summed E-state index contributed by atoms with van der Waals surface area (Å²) in [5.41, 5.74) is 7.59. The van der Waals surface area contributed by atoms with Crippen LogP contribution in [-0.2, 0) is 45.5 Å². The number of nitrogens with zero attached hydrogens (tertiary/aromatic N) is 2. The predicted molar refractivity (Wildman–Crippen MR) is 244 cm³/mol. The number of aliphatic carboxylic acids is 2. The number of nitrogens with one attached hydrogen (secondary N) is 4. The minimum atomic E-state index is -0.843. The molecule has 0 bridgehead atoms. The van der Waals surface area contributed by atoms with E-state index in [0.29, 0.717) is 97.2 Å². The molecule has 2 saturated heterocycles. The van der Waals surface area contributed by atoms with Crippen LogP contribution in [0, 0.1) is 13.8 Å². The average Bonchev–Trinajstić information content (AvgIpc) is 3.89. The lowest BCUT2D eigenvalue weighted by Crippen LogP contribution is -2.31. The normalized spacial score (nSPS) is 15.8. The van der Waals surface area contributed by atoms with E-state index in [4.69, 9.17) is 39.1 Å². The highest BCUT2D eigenvalue weighted by atomic mass is 79.9. The molecule has 0 unspecified atom stereocenters. The number of rotatable bonds is 25. The Labute approximate surface area is 388 Å². The van der Waals surface area contributed by atoms with Gasteiger partial charge in [-0.15, -0.1) is 0 Å². The molecule has 4 heterocycles. The third-order valence-electron chi connectivity index (χ3n) is 11.0. The molecule has 64 heavy (non-hydrogen) atoms. The number of pyridine rings is 2. The van der Waals surface area contributed by atoms with E-state index < -0.39 is 11.9 Å². The number of aromatic nitrogens is 2. The molecule has 2 amide bonds. The van der Waals surface area contributed by atoms with Crippen molar-refractivity contribution < 1.29 is 48.3 Å². The van der Waals surface area contributed by atoms with Gasteiger partial charge in [-0.25, -0.2) is 0 Å². The second-order valence-electron chi connectivity index (χ2n) is 15.8. The third kappa shape index (κ3) is 13.8. The van der Waals surface area contributed by atoms with Crippen LogP contribution in [0.5, 0.6) is 23.5 Å². The van der Waals surface area contributed by atoms with Gasteiger partial charge in [-0.1, -0.05) is 36.4 Å². The zero-order valence-corrected chi connectivity index (χ0v) is 39.1. The van der Waals surface area contributed by atoms with E-state index in [2.05, 4.69) is 79.1 Å². The van der Waals surface area contributed by atoms with Crippen molar-refractivity contribution in [2.75, 3.05) is 26.3 Å². The summed E-state index contributed by atoms with van der Waals surface area (Å²) < 4.78 is 26.2. The molecule has 0 spiro atoms. The van der Waals surface area contributed by atoms with Crippen molar-refractivity contribution >= 4 is 55.6 Å². The number of carbonyl (C=O) groups excluding carboxylic acids is 2. The van der Waals surface area contributed by atoms with Gasteiger partial charge < -0.3 is 50.4 Å². The Bertz CT molecular complexity index is 2150. The molecule has 2 aromatic heterocycles. The first kappa shape index (κ1) is 48.2. The van der Waals surface area contributed by atoms with Gasteiger partial charge in [0.1, 0.15) is 26.4 Å². The van der Waals surface area contributed by atoms with Gasteiger partial charge in [0.05, 0.1) is 21.0 Å². The van der Waals surface area contributed by atoms with Crippen molar-refractivity contribution in [1.82, 2.24) is 31.2 Å². The number of ether oxygens (including phenoxy) is 4. The Kier molecular flexibility index (Phi) is 17.7. The van der Waals surface area contributed by atoms with Crippen molar-refractivity contribution in [3.8, 4) is 34.6 Å². The number of carbonyl (C=O) groups is 4. The highest BCUT2D eigenvalue weighted by molar-refractivity contribution is 9.10. The van der Waals surface area contributed by atoms with E-state index in [9.17, 15) is 19.2 Å². The average molecular weight is 1010 g/mol. The van der Waals surface area contributed by atoms with Gasteiger partial charge in [0.25, 0.3) is 0 Å². The van der Waals surface area contributed by atoms with Gasteiger partial charge in [0, 0.05) is 49.9 Å². The highest BCUT2D eigenvalue weighted by Crippen LogP contribution is 2.35. The zero-order valence-electron chi connectivity index (χ0n) is 35.9. The molecule has 2 fully saturated rings. The maximum Gasteiger partial charge on any atom is 0.303 e. The Morgan fingerprint density at radius 2 is 1.08 bits per heavy atom. The second-order valence-corrected chi connectivity index (χ2v) is 17.5. The summed E-state index contributed by atoms with van der Waals surface area (Å²) in [6.45, 7) is 6.90. The highest BCUT2D eigenvalue weighted by Gasteiger charge is 2.24. The standard InChI is InChI=1S/C46H54Br2N6O10/c1-27-29(23-61-45-37(47)19-31(21-49-17-5-11-41(57)58)43(53-45)63-25-33-13-15-39(55)51-33)7-3-9-35(27)36-10-4-8-30(28(36)2)24-62-46-38(48)20-32(22-50-18-6-12-42(59)60)44(54-46)64-26-34-14-16-40(56)52-34/h3-4,7-10,19-20,33-34,49-50H,5-6,11-18,21-26H2,1-2H3,(H,51,55)(H,52,56)(H,57,58)(H,59,60)/t33-,34-/m0/s1. The summed E-state index contributed by atoms with van der Waals surface area (Å²) in [6, 6.07) is 15.7. The molecule has 2 aromatic carbocycles. The third-order valence-corrected chi connectivity index (χ3v) is 12.1. The minimum Gasteiger partial charge on any atom is -0.481 e. The molecule has 2 atom stereocenters. The molecule has 0 saturated carbocycles. The largest absolute Gasteiger partial charge is 0.481 e. The Morgan fingerprint density at radius 3 is 1.45 bits per heavy atom. The van der Waals surface area contributed by atoms with E-state index in [1.165, 1.54) is 0 Å². The maximum atomic E-state index is 11.8. The smallest absolute Gasteiger partial charge is 0.303 e. The number of amides is 2. The monoisotopic (exact) mass is 1010 g/mol. The lowest BCUT2D eigenvalue weighted by atomic mass is 9.92. The zero-order chi connectivity index (χ0) is 45.6. The lowest BCUT2D eigenvalue weighted by molar-refractivity contribution is -0.138. The Hall–Kier alpha value is -5.30. The molecule has 16 nitrogen and oxygen atoms in total. The van der Waals surface area contributed by atoms with Crippen LogP contribution in [0.3, 0.4) is 0 Å². The fraction of sp³-hybridized carbons (Fsp3) is 0.435. The minimum absolute atomic E-state index is 0.00546. The van der Waals surface area contributed by atoms with Gasteiger partial charge in [-0.3, -0.25) is 19.2 Å². The molecular weight excluding hydrogens is 956 g/mol. The molecule has 0 radical (unpaired) electrons. The van der Waals surface area contributed by atoms with Gasteiger partial charge >= 0.3 is 11.9 Å². The fourth-order valence-corrected chi connectivity index (χ4v) is 8.35. The van der Waals surface area contributed by atoms with Gasteiger partial charge in [0.2, 0.25) is 35.3 Å². The van der Waals surface area contributed by atoms with Crippen molar-refractivity contribution in [3.05, 3.63) is 90.9 Å². The van der Waals surface area contributed by atoms with Crippen molar-refractivity contribution in [2.24, 2.45) is 0 Å². The summed E-state index contributed by atoms with van der Waals surface area (Å²) in [4.78, 5) is 55.0. The first-order chi connectivity index (χ1) is 30.8. The van der Waals surface area contributed by atoms with E-state index >= 15 is 0 Å². The molecular formula is C46H54Br2N6O10. The molecule has 342 valence electrons. The van der Waals surface area contributed by atoms with E-state index in [1.807, 2.05) is 36.4 Å². The van der Waals surface area contributed by atoms with Gasteiger partial charge in [0.15, 0.2) is 0 Å². The molecule has 6 N–H and O–H groups in total. The molecule has 2 aliphatic rings. The van der Waals surface area contributed by atoms with Crippen LogP contribution in [-0.4, -0.2) is 82.3 Å². The molecule has 2 aliphatic heterocycles. The number of carboxylic acids is 2. The number of carboxylic acid groups (broad SMARTS) is 2. The number of hydrogen-bond acceptors (Lipinski definition) is 12. The molecule has 6 rings (SSSR count). The fourth-order valence-electron chi connectivity index (χ4n) is 7.39. The topological polar surface area (TPSA) is 220 Å². The van der Waals surface area contributed by atoms with Crippen LogP contribution in [0.1, 0.15) is 84.7 Å². The van der Waals surface area contributed by atoms with Crippen LogP contribution >= 0.6 is 31.9 Å². The van der Waals surface area contributed by atoms with E-state index in [-0.39, 0.29) is 63.2 Å². The summed E-state index contributed by atoms with van der Waals surface area (Å²) in [7, 11) is 0. The van der Waals surface area contributed by atoms with Crippen LogP contribution in [0.4, 0.5) is 0 Å². The number of hydrogen-bond donors (Lipinski definition) is 6. The van der Waals surface area contributed by atoms with E-state index in [0.717, 1.165) is 44.5 Å². The molecule has 4 aromatic rings.